The molecule has 2 N–H and O–H groups in total. The summed E-state index contributed by atoms with van der Waals surface area (Å²) in [5.74, 6) is 1.24. The number of aromatic nitrogens is 4. The quantitative estimate of drug-likeness (QED) is 0.409. The molecular formula is C23H30N6O6S. The third kappa shape index (κ3) is 4.94. The van der Waals surface area contributed by atoms with E-state index in [1.54, 1.807) is 41.3 Å². The Kier molecular flexibility index (Phi) is 7.62. The molecule has 1 aliphatic rings. The van der Waals surface area contributed by atoms with Gasteiger partial charge in [-0.1, -0.05) is 12.1 Å². The Bertz CT molecular complexity index is 1290. The molecule has 1 saturated heterocycles. The van der Waals surface area contributed by atoms with Gasteiger partial charge < -0.3 is 19.3 Å². The molecule has 0 radical (unpaired) electrons. The first kappa shape index (κ1) is 25.7. The third-order valence-electron chi connectivity index (χ3n) is 6.11. The first-order valence-corrected chi connectivity index (χ1v) is 13.0. The van der Waals surface area contributed by atoms with E-state index in [4.69, 9.17) is 14.2 Å². The third-order valence-corrected chi connectivity index (χ3v) is 7.80. The maximum Gasteiger partial charge on any atom is 0.243 e. The lowest BCUT2D eigenvalue weighted by Crippen LogP contribution is -2.46. The molecule has 194 valence electrons. The SMILES string of the molecule is COc1cccc(-c2nnc(NS(=O)(=O)[C@H](C)[C@@H](O)N3CCCC3)n2-c2c(OC)cccc2OC)n1. The van der Waals surface area contributed by atoms with Crippen LogP contribution in [0.5, 0.6) is 17.4 Å². The van der Waals surface area contributed by atoms with Crippen LogP contribution >= 0.6 is 0 Å². The summed E-state index contributed by atoms with van der Waals surface area (Å²) in [5, 5.41) is 18.0. The van der Waals surface area contributed by atoms with Gasteiger partial charge >= 0.3 is 0 Å². The van der Waals surface area contributed by atoms with Crippen LogP contribution < -0.4 is 18.9 Å². The molecule has 0 unspecified atom stereocenters. The molecule has 12 nitrogen and oxygen atoms in total. The normalized spacial score (nSPS) is 15.9. The summed E-state index contributed by atoms with van der Waals surface area (Å²) in [6, 6.07) is 10.3. The summed E-state index contributed by atoms with van der Waals surface area (Å²) < 4.78 is 47.1. The summed E-state index contributed by atoms with van der Waals surface area (Å²) in [7, 11) is 0.381. The monoisotopic (exact) mass is 518 g/mol. The Morgan fingerprint density at radius 1 is 0.972 bits per heavy atom. The van der Waals surface area contributed by atoms with E-state index in [1.165, 1.54) is 32.8 Å². The number of aliphatic hydroxyl groups is 1. The van der Waals surface area contributed by atoms with E-state index in [1.807, 2.05) is 0 Å². The van der Waals surface area contributed by atoms with Crippen molar-refractivity contribution >= 4 is 16.0 Å². The number of hydrogen-bond acceptors (Lipinski definition) is 10. The van der Waals surface area contributed by atoms with Crippen LogP contribution in [0.25, 0.3) is 17.2 Å². The van der Waals surface area contributed by atoms with Crippen LogP contribution in [0.15, 0.2) is 36.4 Å². The van der Waals surface area contributed by atoms with Crippen molar-refractivity contribution in [1.29, 1.82) is 0 Å². The maximum absolute atomic E-state index is 13.4. The number of methoxy groups -OCH3 is 3. The molecule has 2 aromatic heterocycles. The lowest BCUT2D eigenvalue weighted by atomic mass is 10.2. The lowest BCUT2D eigenvalue weighted by Gasteiger charge is -2.27. The highest BCUT2D eigenvalue weighted by Gasteiger charge is 2.35. The second-order valence-corrected chi connectivity index (χ2v) is 10.3. The fourth-order valence-corrected chi connectivity index (χ4v) is 5.18. The van der Waals surface area contributed by atoms with Gasteiger partial charge in [0.2, 0.25) is 21.9 Å². The molecule has 0 bridgehead atoms. The van der Waals surface area contributed by atoms with E-state index < -0.39 is 21.5 Å². The number of nitrogens with one attached hydrogen (secondary N) is 1. The van der Waals surface area contributed by atoms with Gasteiger partial charge in [-0.25, -0.2) is 13.4 Å². The molecule has 0 amide bonds. The zero-order valence-electron chi connectivity index (χ0n) is 20.6. The van der Waals surface area contributed by atoms with Gasteiger partial charge in [0.25, 0.3) is 0 Å². The number of para-hydroxylation sites is 1. The van der Waals surface area contributed by atoms with Crippen molar-refractivity contribution in [2.45, 2.75) is 31.2 Å². The van der Waals surface area contributed by atoms with Crippen molar-refractivity contribution in [3.63, 3.8) is 0 Å². The van der Waals surface area contributed by atoms with Crippen LogP contribution in [0, 0.1) is 0 Å². The average molecular weight is 519 g/mol. The molecule has 13 heteroatoms. The number of benzene rings is 1. The van der Waals surface area contributed by atoms with Gasteiger partial charge in [-0.3, -0.25) is 14.2 Å². The van der Waals surface area contributed by atoms with Crippen molar-refractivity contribution in [2.24, 2.45) is 0 Å². The van der Waals surface area contributed by atoms with E-state index in [2.05, 4.69) is 19.9 Å². The number of sulfonamides is 1. The molecule has 0 spiro atoms. The highest BCUT2D eigenvalue weighted by atomic mass is 32.2. The number of pyridine rings is 1. The fourth-order valence-electron chi connectivity index (χ4n) is 4.12. The lowest BCUT2D eigenvalue weighted by molar-refractivity contribution is 0.0208. The number of rotatable bonds is 10. The van der Waals surface area contributed by atoms with Gasteiger partial charge in [-0.15, -0.1) is 10.2 Å². The van der Waals surface area contributed by atoms with Crippen molar-refractivity contribution in [2.75, 3.05) is 39.1 Å². The van der Waals surface area contributed by atoms with Crippen LogP contribution in [0.2, 0.25) is 0 Å². The highest BCUT2D eigenvalue weighted by Crippen LogP contribution is 2.37. The van der Waals surface area contributed by atoms with Crippen molar-refractivity contribution in [3.05, 3.63) is 36.4 Å². The second kappa shape index (κ2) is 10.7. The van der Waals surface area contributed by atoms with Crippen LogP contribution in [-0.2, 0) is 10.0 Å². The maximum atomic E-state index is 13.4. The topological polar surface area (TPSA) is 141 Å². The van der Waals surface area contributed by atoms with Gasteiger partial charge in [0.15, 0.2) is 5.82 Å². The molecule has 0 aliphatic carbocycles. The zero-order valence-corrected chi connectivity index (χ0v) is 21.4. The van der Waals surface area contributed by atoms with Gasteiger partial charge in [0, 0.05) is 19.2 Å². The highest BCUT2D eigenvalue weighted by molar-refractivity contribution is 7.93. The second-order valence-electron chi connectivity index (χ2n) is 8.27. The summed E-state index contributed by atoms with van der Waals surface area (Å²) in [6.07, 6.45) is 0.660. The van der Waals surface area contributed by atoms with E-state index in [9.17, 15) is 13.5 Å². The standard InChI is InChI=1S/C23H30N6O6S/c1-15(22(30)28-13-5-6-14-28)36(31,32)27-23-26-25-21(16-9-7-12-19(24-16)35-4)29(23)20-17(33-2)10-8-11-18(20)34-3/h7-12,15,22,30H,5-6,13-14H2,1-4H3,(H,26,27)/t15-,22-/m1/s1. The molecular weight excluding hydrogens is 488 g/mol. The summed E-state index contributed by atoms with van der Waals surface area (Å²) >= 11 is 0. The Labute approximate surface area is 209 Å². The van der Waals surface area contributed by atoms with Gasteiger partial charge in [0.1, 0.15) is 34.4 Å². The first-order chi connectivity index (χ1) is 17.3. The summed E-state index contributed by atoms with van der Waals surface area (Å²) in [6.45, 7) is 2.74. The number of hydrogen-bond donors (Lipinski definition) is 2. The van der Waals surface area contributed by atoms with Gasteiger partial charge in [-0.2, -0.15) is 0 Å². The summed E-state index contributed by atoms with van der Waals surface area (Å²) in [5.41, 5.74) is 0.753. The van der Waals surface area contributed by atoms with Gasteiger partial charge in [-0.05, 0) is 38.0 Å². The predicted octanol–water partition coefficient (Wildman–Crippen LogP) is 1.90. The number of nitrogens with zero attached hydrogens (tertiary/aromatic N) is 5. The fraction of sp³-hybridized carbons (Fsp3) is 0.435. The molecule has 0 saturated carbocycles. The van der Waals surface area contributed by atoms with Crippen molar-refractivity contribution in [1.82, 2.24) is 24.6 Å². The Hall–Kier alpha value is -3.42. The van der Waals surface area contributed by atoms with Crippen LogP contribution in [-0.4, -0.2) is 84.1 Å². The minimum atomic E-state index is -4.09. The van der Waals surface area contributed by atoms with Crippen LogP contribution in [0.3, 0.4) is 0 Å². The first-order valence-electron chi connectivity index (χ1n) is 11.4. The molecule has 3 aromatic rings. The average Bonchev–Trinajstić information content (AvgIpc) is 3.57. The van der Waals surface area contributed by atoms with E-state index in [0.717, 1.165) is 12.8 Å². The van der Waals surface area contributed by atoms with Crippen molar-refractivity contribution in [3.8, 4) is 34.6 Å². The number of anilines is 1. The zero-order chi connectivity index (χ0) is 25.9. The van der Waals surface area contributed by atoms with Crippen LogP contribution in [0.4, 0.5) is 5.95 Å². The molecule has 2 atom stereocenters. The Balaban J connectivity index is 1.84. The number of likely N-dealkylation sites (tertiary alicyclic amines) is 1. The summed E-state index contributed by atoms with van der Waals surface area (Å²) in [4.78, 5) is 6.19. The van der Waals surface area contributed by atoms with Crippen molar-refractivity contribution < 1.29 is 27.7 Å². The van der Waals surface area contributed by atoms with E-state index in [0.29, 0.717) is 41.8 Å². The van der Waals surface area contributed by atoms with E-state index >= 15 is 0 Å². The number of aliphatic hydroxyl groups excluding tert-OH is 1. The minimum Gasteiger partial charge on any atom is -0.494 e. The Morgan fingerprint density at radius 2 is 1.61 bits per heavy atom. The molecule has 1 fully saturated rings. The Morgan fingerprint density at radius 3 is 2.22 bits per heavy atom. The molecule has 4 rings (SSSR count). The smallest absolute Gasteiger partial charge is 0.243 e. The van der Waals surface area contributed by atoms with Gasteiger partial charge in [0.05, 0.1) is 21.3 Å². The molecule has 36 heavy (non-hydrogen) atoms. The molecule has 3 heterocycles. The molecule has 1 aromatic carbocycles. The van der Waals surface area contributed by atoms with Crippen LogP contribution in [0.1, 0.15) is 19.8 Å². The van der Waals surface area contributed by atoms with E-state index in [-0.39, 0.29) is 11.8 Å². The molecule has 1 aliphatic heterocycles. The predicted molar refractivity (Wildman–Crippen MR) is 133 cm³/mol. The largest absolute Gasteiger partial charge is 0.494 e. The minimum absolute atomic E-state index is 0.113. The number of ether oxygens (including phenoxy) is 3.